The summed E-state index contributed by atoms with van der Waals surface area (Å²) in [4.78, 5) is 30.2. The molecule has 1 atom stereocenters. The van der Waals surface area contributed by atoms with Gasteiger partial charge in [0, 0.05) is 47.6 Å². The van der Waals surface area contributed by atoms with Crippen molar-refractivity contribution in [2.24, 2.45) is 5.92 Å². The molecule has 1 amide bonds. The molecule has 3 aromatic rings. The number of H-pyrrole nitrogens is 1. The van der Waals surface area contributed by atoms with Gasteiger partial charge in [0.1, 0.15) is 5.82 Å². The Morgan fingerprint density at radius 1 is 1.24 bits per heavy atom. The van der Waals surface area contributed by atoms with Crippen molar-refractivity contribution < 1.29 is 18.7 Å². The fourth-order valence-electron chi connectivity index (χ4n) is 4.06. The van der Waals surface area contributed by atoms with Crippen LogP contribution in [0.2, 0.25) is 0 Å². The molecule has 5 nitrogen and oxygen atoms in total. The first-order valence-corrected chi connectivity index (χ1v) is 9.71. The van der Waals surface area contributed by atoms with Gasteiger partial charge in [0.25, 0.3) is 0 Å². The first kappa shape index (κ1) is 19.2. The lowest BCUT2D eigenvalue weighted by Crippen LogP contribution is -2.39. The van der Waals surface area contributed by atoms with E-state index in [0.717, 1.165) is 34.1 Å². The summed E-state index contributed by atoms with van der Waals surface area (Å²) in [5.41, 5.74) is 4.40. The molecule has 0 aliphatic carbocycles. The van der Waals surface area contributed by atoms with Crippen molar-refractivity contribution in [1.82, 2.24) is 9.88 Å². The van der Waals surface area contributed by atoms with Crippen LogP contribution >= 0.6 is 0 Å². The number of aromatic amines is 1. The van der Waals surface area contributed by atoms with Crippen molar-refractivity contribution in [3.05, 3.63) is 70.7 Å². The Kier molecular flexibility index (Phi) is 5.09. The van der Waals surface area contributed by atoms with Crippen LogP contribution in [0.3, 0.4) is 0 Å². The Morgan fingerprint density at radius 2 is 2.07 bits per heavy atom. The van der Waals surface area contributed by atoms with Gasteiger partial charge in [-0.2, -0.15) is 0 Å². The fraction of sp³-hybridized carbons (Fsp3) is 0.304. The molecule has 0 fully saturated rings. The monoisotopic (exact) mass is 394 g/mol. The number of nitrogens with one attached hydrogen (secondary N) is 1. The third-order valence-electron chi connectivity index (χ3n) is 5.56. The van der Waals surface area contributed by atoms with E-state index in [1.807, 2.05) is 30.0 Å². The molecule has 2 heterocycles. The van der Waals surface area contributed by atoms with Gasteiger partial charge in [-0.25, -0.2) is 9.18 Å². The number of nitrogens with zero attached hydrogens (tertiary/aromatic N) is 1. The molecule has 6 heteroatoms. The summed E-state index contributed by atoms with van der Waals surface area (Å²) in [6.07, 6.45) is 1.23. The minimum atomic E-state index is -0.380. The molecule has 1 aliphatic rings. The lowest BCUT2D eigenvalue weighted by Gasteiger charge is -2.29. The topological polar surface area (TPSA) is 62.4 Å². The summed E-state index contributed by atoms with van der Waals surface area (Å²) in [5, 5.41) is 0.943. The lowest BCUT2D eigenvalue weighted by atomic mass is 9.97. The number of carbonyl (C=O) groups is 2. The molecule has 0 radical (unpaired) electrons. The van der Waals surface area contributed by atoms with Crippen LogP contribution in [-0.2, 0) is 28.9 Å². The van der Waals surface area contributed by atoms with Crippen molar-refractivity contribution in [2.45, 2.75) is 26.3 Å². The van der Waals surface area contributed by atoms with E-state index in [-0.39, 0.29) is 23.6 Å². The molecule has 150 valence electrons. The molecule has 4 rings (SSSR count). The number of carbonyl (C=O) groups excluding carboxylic acids is 2. The van der Waals surface area contributed by atoms with Gasteiger partial charge in [0.15, 0.2) is 0 Å². The third kappa shape index (κ3) is 3.75. The number of hydrogen-bond donors (Lipinski definition) is 1. The highest BCUT2D eigenvalue weighted by Crippen LogP contribution is 2.29. The second kappa shape index (κ2) is 7.70. The van der Waals surface area contributed by atoms with Gasteiger partial charge < -0.3 is 14.6 Å². The standard InChI is InChI=1S/C23H23FN2O3/c1-14(10-15-4-3-5-17(24)11-15)22(27)26-9-8-21-19(13-26)18-12-16(23(28)29-2)6-7-20(18)25-21/h3-7,11-12,14,25H,8-10,13H2,1-2H3. The van der Waals surface area contributed by atoms with Crippen LogP contribution in [0, 0.1) is 11.7 Å². The predicted molar refractivity (Wildman–Crippen MR) is 108 cm³/mol. The largest absolute Gasteiger partial charge is 0.465 e. The number of methoxy groups -OCH3 is 1. The number of esters is 1. The van der Waals surface area contributed by atoms with E-state index in [0.29, 0.717) is 25.1 Å². The number of benzene rings is 2. The first-order valence-electron chi connectivity index (χ1n) is 9.71. The highest BCUT2D eigenvalue weighted by Gasteiger charge is 2.27. The van der Waals surface area contributed by atoms with Gasteiger partial charge in [-0.05, 0) is 42.3 Å². The number of hydrogen-bond acceptors (Lipinski definition) is 3. The van der Waals surface area contributed by atoms with E-state index >= 15 is 0 Å². The van der Waals surface area contributed by atoms with E-state index in [4.69, 9.17) is 4.74 Å². The van der Waals surface area contributed by atoms with Crippen molar-refractivity contribution in [1.29, 1.82) is 0 Å². The second-order valence-electron chi connectivity index (χ2n) is 7.58. The van der Waals surface area contributed by atoms with E-state index in [1.165, 1.54) is 19.2 Å². The maximum Gasteiger partial charge on any atom is 0.337 e. The Hall–Kier alpha value is -3.15. The van der Waals surface area contributed by atoms with Gasteiger partial charge in [0.2, 0.25) is 5.91 Å². The summed E-state index contributed by atoms with van der Waals surface area (Å²) < 4.78 is 18.3. The van der Waals surface area contributed by atoms with Gasteiger partial charge in [0.05, 0.1) is 12.7 Å². The van der Waals surface area contributed by atoms with Crippen LogP contribution in [0.5, 0.6) is 0 Å². The molecule has 1 aromatic heterocycles. The fourth-order valence-corrected chi connectivity index (χ4v) is 4.06. The minimum absolute atomic E-state index is 0.0541. The van der Waals surface area contributed by atoms with Crippen LogP contribution in [0.1, 0.15) is 34.1 Å². The quantitative estimate of drug-likeness (QED) is 0.684. The maximum atomic E-state index is 13.4. The number of aromatic nitrogens is 1. The normalized spacial score (nSPS) is 14.5. The Bertz CT molecular complexity index is 1090. The maximum absolute atomic E-state index is 13.4. The average Bonchev–Trinajstić information content (AvgIpc) is 3.09. The zero-order chi connectivity index (χ0) is 20.5. The van der Waals surface area contributed by atoms with Crippen molar-refractivity contribution in [3.63, 3.8) is 0 Å². The van der Waals surface area contributed by atoms with E-state index in [1.54, 1.807) is 12.1 Å². The summed E-state index contributed by atoms with van der Waals surface area (Å²) >= 11 is 0. The van der Waals surface area contributed by atoms with Crippen LogP contribution in [-0.4, -0.2) is 35.4 Å². The summed E-state index contributed by atoms with van der Waals surface area (Å²) in [6.45, 7) is 3.01. The minimum Gasteiger partial charge on any atom is -0.465 e. The zero-order valence-corrected chi connectivity index (χ0v) is 16.5. The van der Waals surface area contributed by atoms with Crippen molar-refractivity contribution in [3.8, 4) is 0 Å². The summed E-state index contributed by atoms with van der Waals surface area (Å²) in [7, 11) is 1.36. The Balaban J connectivity index is 1.55. The van der Waals surface area contributed by atoms with Crippen LogP contribution in [0.15, 0.2) is 42.5 Å². The molecule has 1 unspecified atom stereocenters. The highest BCUT2D eigenvalue weighted by molar-refractivity contribution is 5.96. The summed E-state index contributed by atoms with van der Waals surface area (Å²) in [6, 6.07) is 11.8. The molecule has 1 aliphatic heterocycles. The van der Waals surface area contributed by atoms with Crippen LogP contribution in [0.4, 0.5) is 4.39 Å². The predicted octanol–water partition coefficient (Wildman–Crippen LogP) is 3.86. The molecule has 0 spiro atoms. The van der Waals surface area contributed by atoms with Gasteiger partial charge in [-0.1, -0.05) is 19.1 Å². The molecular formula is C23H23FN2O3. The van der Waals surface area contributed by atoms with Crippen LogP contribution < -0.4 is 0 Å². The molecule has 29 heavy (non-hydrogen) atoms. The van der Waals surface area contributed by atoms with E-state index < -0.39 is 0 Å². The highest BCUT2D eigenvalue weighted by atomic mass is 19.1. The lowest BCUT2D eigenvalue weighted by molar-refractivity contribution is -0.135. The smallest absolute Gasteiger partial charge is 0.337 e. The van der Waals surface area contributed by atoms with Gasteiger partial charge in [-0.15, -0.1) is 0 Å². The first-order chi connectivity index (χ1) is 14.0. The number of halogens is 1. The van der Waals surface area contributed by atoms with Crippen molar-refractivity contribution >= 4 is 22.8 Å². The SMILES string of the molecule is COC(=O)c1ccc2[nH]c3c(c2c1)CN(C(=O)C(C)Cc1cccc(F)c1)CC3. The van der Waals surface area contributed by atoms with Crippen LogP contribution in [0.25, 0.3) is 10.9 Å². The van der Waals surface area contributed by atoms with E-state index in [9.17, 15) is 14.0 Å². The Labute approximate surface area is 168 Å². The number of fused-ring (bicyclic) bond motifs is 3. The number of amides is 1. The molecule has 0 saturated carbocycles. The third-order valence-corrected chi connectivity index (χ3v) is 5.56. The molecule has 2 aromatic carbocycles. The molecule has 0 saturated heterocycles. The second-order valence-corrected chi connectivity index (χ2v) is 7.58. The summed E-state index contributed by atoms with van der Waals surface area (Å²) in [5.74, 6) is -0.855. The number of rotatable bonds is 4. The van der Waals surface area contributed by atoms with Gasteiger partial charge >= 0.3 is 5.97 Å². The molecule has 1 N–H and O–H groups in total. The van der Waals surface area contributed by atoms with E-state index in [2.05, 4.69) is 4.98 Å². The average molecular weight is 394 g/mol. The van der Waals surface area contributed by atoms with Crippen molar-refractivity contribution in [2.75, 3.05) is 13.7 Å². The Morgan fingerprint density at radius 3 is 2.83 bits per heavy atom. The number of ether oxygens (including phenoxy) is 1. The molecule has 0 bridgehead atoms. The zero-order valence-electron chi connectivity index (χ0n) is 16.5. The van der Waals surface area contributed by atoms with Gasteiger partial charge in [-0.3, -0.25) is 4.79 Å². The molecular weight excluding hydrogens is 371 g/mol.